The number of amides is 1. The molecule has 1 saturated heterocycles. The first-order valence-electron chi connectivity index (χ1n) is 6.44. The molecule has 6 heteroatoms. The fourth-order valence-corrected chi connectivity index (χ4v) is 2.38. The summed E-state index contributed by atoms with van der Waals surface area (Å²) >= 11 is 0. The molecular formula is C14H14FN3O2. The van der Waals surface area contributed by atoms with Crippen LogP contribution in [0.5, 0.6) is 0 Å². The van der Waals surface area contributed by atoms with Crippen molar-refractivity contribution in [3.63, 3.8) is 0 Å². The normalized spacial score (nSPS) is 18.8. The van der Waals surface area contributed by atoms with E-state index in [0.717, 1.165) is 5.56 Å². The average molecular weight is 275 g/mol. The lowest BCUT2D eigenvalue weighted by atomic mass is 10.1. The van der Waals surface area contributed by atoms with Crippen LogP contribution in [0.4, 0.5) is 4.39 Å². The Bertz CT molecular complexity index is 624. The number of likely N-dealkylation sites (tertiary alicyclic amines) is 1. The molecule has 1 amide bonds. The smallest absolute Gasteiger partial charge is 0.232 e. The third kappa shape index (κ3) is 2.54. The van der Waals surface area contributed by atoms with Crippen molar-refractivity contribution in [3.8, 4) is 0 Å². The lowest BCUT2D eigenvalue weighted by Crippen LogP contribution is -2.24. The van der Waals surface area contributed by atoms with Gasteiger partial charge in [0.05, 0.1) is 5.92 Å². The SMILES string of the molecule is Cc1noc([C@@H]2CC(=O)N(Cc3ccc(F)cc3)C2)n1. The molecule has 0 radical (unpaired) electrons. The number of carbonyl (C=O) groups excluding carboxylic acids is 1. The van der Waals surface area contributed by atoms with Gasteiger partial charge in [0.1, 0.15) is 5.82 Å². The molecule has 1 aromatic heterocycles. The van der Waals surface area contributed by atoms with E-state index >= 15 is 0 Å². The first kappa shape index (κ1) is 12.8. The van der Waals surface area contributed by atoms with E-state index in [-0.39, 0.29) is 17.6 Å². The van der Waals surface area contributed by atoms with E-state index in [9.17, 15) is 9.18 Å². The molecule has 0 bridgehead atoms. The van der Waals surface area contributed by atoms with Crippen molar-refractivity contribution in [2.24, 2.45) is 0 Å². The molecule has 104 valence electrons. The van der Waals surface area contributed by atoms with Crippen LogP contribution in [-0.4, -0.2) is 27.5 Å². The van der Waals surface area contributed by atoms with Gasteiger partial charge < -0.3 is 9.42 Å². The molecule has 1 aliphatic rings. The van der Waals surface area contributed by atoms with Crippen LogP contribution >= 0.6 is 0 Å². The molecule has 2 aromatic rings. The number of aryl methyl sites for hydroxylation is 1. The number of benzene rings is 1. The predicted molar refractivity (Wildman–Crippen MR) is 68.2 cm³/mol. The Morgan fingerprint density at radius 2 is 2.15 bits per heavy atom. The number of aromatic nitrogens is 2. The van der Waals surface area contributed by atoms with Gasteiger partial charge >= 0.3 is 0 Å². The Morgan fingerprint density at radius 3 is 2.80 bits per heavy atom. The van der Waals surface area contributed by atoms with E-state index < -0.39 is 0 Å². The van der Waals surface area contributed by atoms with E-state index in [1.807, 2.05) is 0 Å². The van der Waals surface area contributed by atoms with Crippen LogP contribution < -0.4 is 0 Å². The van der Waals surface area contributed by atoms with Gasteiger partial charge in [0.15, 0.2) is 5.82 Å². The molecular weight excluding hydrogens is 261 g/mol. The number of hydrogen-bond donors (Lipinski definition) is 0. The fourth-order valence-electron chi connectivity index (χ4n) is 2.38. The van der Waals surface area contributed by atoms with Crippen molar-refractivity contribution < 1.29 is 13.7 Å². The third-order valence-electron chi connectivity index (χ3n) is 3.39. The minimum absolute atomic E-state index is 0.0511. The van der Waals surface area contributed by atoms with Crippen LogP contribution in [-0.2, 0) is 11.3 Å². The maximum absolute atomic E-state index is 12.9. The number of hydrogen-bond acceptors (Lipinski definition) is 4. The van der Waals surface area contributed by atoms with Gasteiger partial charge in [-0.05, 0) is 24.6 Å². The van der Waals surface area contributed by atoms with E-state index in [2.05, 4.69) is 10.1 Å². The topological polar surface area (TPSA) is 59.2 Å². The Hall–Kier alpha value is -2.24. The predicted octanol–water partition coefficient (Wildman–Crippen LogP) is 2.03. The van der Waals surface area contributed by atoms with Gasteiger partial charge in [-0.2, -0.15) is 4.98 Å². The highest BCUT2D eigenvalue weighted by Gasteiger charge is 2.33. The molecule has 1 fully saturated rings. The minimum Gasteiger partial charge on any atom is -0.339 e. The van der Waals surface area contributed by atoms with Gasteiger partial charge in [0, 0.05) is 19.5 Å². The van der Waals surface area contributed by atoms with Crippen LogP contribution in [0.15, 0.2) is 28.8 Å². The standard InChI is InChI=1S/C14H14FN3O2/c1-9-16-14(20-17-9)11-6-13(19)18(8-11)7-10-2-4-12(15)5-3-10/h2-5,11H,6-8H2,1H3/t11-/m1/s1. The molecule has 0 N–H and O–H groups in total. The maximum atomic E-state index is 12.9. The van der Waals surface area contributed by atoms with Crippen molar-refractivity contribution in [2.75, 3.05) is 6.54 Å². The Balaban J connectivity index is 1.69. The monoisotopic (exact) mass is 275 g/mol. The molecule has 1 atom stereocenters. The summed E-state index contributed by atoms with van der Waals surface area (Å²) in [5.41, 5.74) is 0.905. The van der Waals surface area contributed by atoms with E-state index in [4.69, 9.17) is 4.52 Å². The first-order chi connectivity index (χ1) is 9.61. The molecule has 0 saturated carbocycles. The zero-order valence-corrected chi connectivity index (χ0v) is 11.0. The Labute approximate surface area is 115 Å². The summed E-state index contributed by atoms with van der Waals surface area (Å²) < 4.78 is 18.0. The Kier molecular flexibility index (Phi) is 3.22. The molecule has 5 nitrogen and oxygen atoms in total. The van der Waals surface area contributed by atoms with Gasteiger partial charge in [-0.15, -0.1) is 0 Å². The molecule has 0 unspecified atom stereocenters. The highest BCUT2D eigenvalue weighted by molar-refractivity contribution is 5.79. The minimum atomic E-state index is -0.277. The molecule has 2 heterocycles. The molecule has 20 heavy (non-hydrogen) atoms. The second-order valence-corrected chi connectivity index (χ2v) is 4.98. The summed E-state index contributed by atoms with van der Waals surface area (Å²) in [7, 11) is 0. The average Bonchev–Trinajstić information content (AvgIpc) is 3.00. The van der Waals surface area contributed by atoms with Gasteiger partial charge in [-0.25, -0.2) is 4.39 Å². The largest absolute Gasteiger partial charge is 0.339 e. The van der Waals surface area contributed by atoms with Crippen molar-refractivity contribution >= 4 is 5.91 Å². The van der Waals surface area contributed by atoms with Crippen molar-refractivity contribution in [2.45, 2.75) is 25.8 Å². The highest BCUT2D eigenvalue weighted by atomic mass is 19.1. The van der Waals surface area contributed by atoms with Crippen LogP contribution in [0.2, 0.25) is 0 Å². The summed E-state index contributed by atoms with van der Waals surface area (Å²) in [6, 6.07) is 6.17. The van der Waals surface area contributed by atoms with Crippen molar-refractivity contribution in [3.05, 3.63) is 47.4 Å². The second-order valence-electron chi connectivity index (χ2n) is 4.98. The van der Waals surface area contributed by atoms with Crippen molar-refractivity contribution in [1.29, 1.82) is 0 Å². The van der Waals surface area contributed by atoms with Gasteiger partial charge in [-0.1, -0.05) is 17.3 Å². The highest BCUT2D eigenvalue weighted by Crippen LogP contribution is 2.28. The first-order valence-corrected chi connectivity index (χ1v) is 6.44. The summed E-state index contributed by atoms with van der Waals surface area (Å²) in [5.74, 6) is 0.807. The van der Waals surface area contributed by atoms with Crippen molar-refractivity contribution in [1.82, 2.24) is 15.0 Å². The summed E-state index contributed by atoms with van der Waals surface area (Å²) in [4.78, 5) is 17.9. The molecule has 3 rings (SSSR count). The molecule has 0 aliphatic carbocycles. The van der Waals surface area contributed by atoms with E-state index in [1.54, 1.807) is 24.0 Å². The zero-order valence-electron chi connectivity index (χ0n) is 11.0. The number of rotatable bonds is 3. The quantitative estimate of drug-likeness (QED) is 0.860. The van der Waals surface area contributed by atoms with Crippen LogP contribution in [0, 0.1) is 12.7 Å². The summed E-state index contributed by atoms with van der Waals surface area (Å²) in [6.45, 7) is 2.78. The third-order valence-corrected chi connectivity index (χ3v) is 3.39. The van der Waals surface area contributed by atoms with Gasteiger partial charge in [0.2, 0.25) is 11.8 Å². The summed E-state index contributed by atoms with van der Waals surface area (Å²) in [6.07, 6.45) is 0.378. The Morgan fingerprint density at radius 1 is 1.40 bits per heavy atom. The van der Waals surface area contributed by atoms with E-state index in [1.165, 1.54) is 12.1 Å². The number of carbonyl (C=O) groups is 1. The number of halogens is 1. The second kappa shape index (κ2) is 5.03. The molecule has 1 aromatic carbocycles. The zero-order chi connectivity index (χ0) is 14.1. The fraction of sp³-hybridized carbons (Fsp3) is 0.357. The summed E-state index contributed by atoms with van der Waals surface area (Å²) in [5, 5.41) is 3.75. The van der Waals surface area contributed by atoms with Crippen LogP contribution in [0.3, 0.4) is 0 Å². The van der Waals surface area contributed by atoms with Gasteiger partial charge in [0.25, 0.3) is 0 Å². The maximum Gasteiger partial charge on any atom is 0.232 e. The lowest BCUT2D eigenvalue weighted by molar-refractivity contribution is -0.128. The van der Waals surface area contributed by atoms with Crippen LogP contribution in [0.1, 0.15) is 29.6 Å². The van der Waals surface area contributed by atoms with E-state index in [0.29, 0.717) is 31.2 Å². The van der Waals surface area contributed by atoms with Crippen LogP contribution in [0.25, 0.3) is 0 Å². The number of nitrogens with zero attached hydrogens (tertiary/aromatic N) is 3. The van der Waals surface area contributed by atoms with Gasteiger partial charge in [-0.3, -0.25) is 4.79 Å². The molecule has 0 spiro atoms. The lowest BCUT2D eigenvalue weighted by Gasteiger charge is -2.15. The molecule has 1 aliphatic heterocycles.